The molecule has 2 atom stereocenters. The van der Waals surface area contributed by atoms with Gasteiger partial charge in [0.15, 0.2) is 0 Å². The monoisotopic (exact) mass is 271 g/mol. The van der Waals surface area contributed by atoms with Gasteiger partial charge in [0, 0.05) is 18.2 Å². The molecule has 0 saturated carbocycles. The van der Waals surface area contributed by atoms with Gasteiger partial charge in [-0.3, -0.25) is 0 Å². The summed E-state index contributed by atoms with van der Waals surface area (Å²) in [4.78, 5) is 0. The molecule has 1 aromatic rings. The molecule has 3 nitrogen and oxygen atoms in total. The number of ether oxygens (including phenoxy) is 1. The Labute approximate surface area is 114 Å². The highest BCUT2D eigenvalue weighted by Gasteiger charge is 2.15. The van der Waals surface area contributed by atoms with Crippen molar-refractivity contribution in [3.05, 3.63) is 28.8 Å². The van der Waals surface area contributed by atoms with Crippen LogP contribution in [-0.2, 0) is 6.54 Å². The zero-order valence-electron chi connectivity index (χ0n) is 11.4. The zero-order chi connectivity index (χ0) is 13.7. The van der Waals surface area contributed by atoms with Crippen LogP contribution in [0, 0.1) is 0 Å². The molecule has 1 rings (SSSR count). The lowest BCUT2D eigenvalue weighted by Crippen LogP contribution is -2.27. The number of hydrogen-bond donors (Lipinski definition) is 2. The van der Waals surface area contributed by atoms with E-state index >= 15 is 0 Å². The van der Waals surface area contributed by atoms with Crippen molar-refractivity contribution in [2.45, 2.75) is 52.5 Å². The number of aliphatic hydroxyl groups is 1. The van der Waals surface area contributed by atoms with Crippen molar-refractivity contribution in [1.29, 1.82) is 0 Å². The Hall–Kier alpha value is -0.770. The van der Waals surface area contributed by atoms with E-state index in [9.17, 15) is 5.11 Å². The number of nitrogens with one attached hydrogen (secondary N) is 1. The fourth-order valence-electron chi connectivity index (χ4n) is 1.42. The van der Waals surface area contributed by atoms with Crippen LogP contribution in [0.15, 0.2) is 18.2 Å². The van der Waals surface area contributed by atoms with Gasteiger partial charge in [-0.15, -0.1) is 0 Å². The Morgan fingerprint density at radius 1 is 1.28 bits per heavy atom. The van der Waals surface area contributed by atoms with Crippen LogP contribution in [0.3, 0.4) is 0 Å². The van der Waals surface area contributed by atoms with Gasteiger partial charge in [0.1, 0.15) is 11.9 Å². The second-order valence-electron chi connectivity index (χ2n) is 4.83. The average molecular weight is 272 g/mol. The highest BCUT2D eigenvalue weighted by molar-refractivity contribution is 6.32. The zero-order valence-corrected chi connectivity index (χ0v) is 12.2. The molecule has 0 amide bonds. The molecule has 0 aliphatic heterocycles. The maximum atomic E-state index is 9.50. The van der Waals surface area contributed by atoms with E-state index in [-0.39, 0.29) is 6.10 Å². The number of para-hydroxylation sites is 1. The molecule has 0 aromatic heterocycles. The molecule has 4 heteroatoms. The van der Waals surface area contributed by atoms with Gasteiger partial charge in [0.05, 0.1) is 11.1 Å². The van der Waals surface area contributed by atoms with Gasteiger partial charge >= 0.3 is 0 Å². The van der Waals surface area contributed by atoms with E-state index in [1.54, 1.807) is 13.0 Å². The third kappa shape index (κ3) is 4.48. The van der Waals surface area contributed by atoms with Crippen molar-refractivity contribution >= 4 is 11.6 Å². The molecule has 0 heterocycles. The van der Waals surface area contributed by atoms with E-state index in [0.717, 1.165) is 5.56 Å². The van der Waals surface area contributed by atoms with Crippen LogP contribution in [0.25, 0.3) is 0 Å². The van der Waals surface area contributed by atoms with Gasteiger partial charge in [-0.2, -0.15) is 0 Å². The van der Waals surface area contributed by atoms with Gasteiger partial charge in [-0.1, -0.05) is 37.6 Å². The summed E-state index contributed by atoms with van der Waals surface area (Å²) in [5, 5.41) is 13.4. The van der Waals surface area contributed by atoms with Gasteiger partial charge < -0.3 is 15.2 Å². The molecule has 2 N–H and O–H groups in total. The first-order valence-corrected chi connectivity index (χ1v) is 6.65. The molecule has 102 valence electrons. The molecule has 1 aromatic carbocycles. The smallest absolute Gasteiger partial charge is 0.142 e. The minimum Gasteiger partial charge on any atom is -0.486 e. The summed E-state index contributed by atoms with van der Waals surface area (Å²) in [5.74, 6) is 0.653. The van der Waals surface area contributed by atoms with Crippen LogP contribution in [0.2, 0.25) is 5.02 Å². The third-order valence-electron chi connectivity index (χ3n) is 2.73. The second kappa shape index (κ2) is 6.98. The van der Waals surface area contributed by atoms with E-state index < -0.39 is 6.10 Å². The summed E-state index contributed by atoms with van der Waals surface area (Å²) in [6.07, 6.45) is -0.824. The molecule has 0 bridgehead atoms. The lowest BCUT2D eigenvalue weighted by atomic mass is 10.1. The highest BCUT2D eigenvalue weighted by atomic mass is 35.5. The third-order valence-corrected chi connectivity index (χ3v) is 3.03. The van der Waals surface area contributed by atoms with Crippen molar-refractivity contribution in [3.8, 4) is 5.75 Å². The Balaban J connectivity index is 2.86. The van der Waals surface area contributed by atoms with Crippen LogP contribution in [0.1, 0.15) is 33.3 Å². The second-order valence-corrected chi connectivity index (χ2v) is 5.23. The quantitative estimate of drug-likeness (QED) is 0.836. The van der Waals surface area contributed by atoms with E-state index in [0.29, 0.717) is 23.4 Å². The number of hydrogen-bond acceptors (Lipinski definition) is 3. The number of aliphatic hydroxyl groups excluding tert-OH is 1. The lowest BCUT2D eigenvalue weighted by Gasteiger charge is -2.21. The van der Waals surface area contributed by atoms with E-state index in [1.165, 1.54) is 0 Å². The van der Waals surface area contributed by atoms with Gasteiger partial charge in [-0.25, -0.2) is 0 Å². The van der Waals surface area contributed by atoms with Crippen molar-refractivity contribution in [3.63, 3.8) is 0 Å². The molecule has 0 spiro atoms. The summed E-state index contributed by atoms with van der Waals surface area (Å²) in [7, 11) is 0. The summed E-state index contributed by atoms with van der Waals surface area (Å²) >= 11 is 6.16. The molecular weight excluding hydrogens is 250 g/mol. The maximum Gasteiger partial charge on any atom is 0.142 e. The highest BCUT2D eigenvalue weighted by Crippen LogP contribution is 2.30. The van der Waals surface area contributed by atoms with Crippen LogP contribution >= 0.6 is 11.6 Å². The van der Waals surface area contributed by atoms with E-state index in [1.807, 2.05) is 19.1 Å². The van der Waals surface area contributed by atoms with E-state index in [2.05, 4.69) is 19.2 Å². The first-order valence-electron chi connectivity index (χ1n) is 6.27. The van der Waals surface area contributed by atoms with Gasteiger partial charge in [0.25, 0.3) is 0 Å². The van der Waals surface area contributed by atoms with Crippen LogP contribution in [0.4, 0.5) is 0 Å². The minimum atomic E-state index is -0.535. The normalized spacial score (nSPS) is 14.6. The van der Waals surface area contributed by atoms with Crippen LogP contribution in [-0.4, -0.2) is 23.4 Å². The summed E-state index contributed by atoms with van der Waals surface area (Å²) in [6.45, 7) is 8.40. The number of rotatable bonds is 6. The summed E-state index contributed by atoms with van der Waals surface area (Å²) in [5.41, 5.74) is 1.00. The molecule has 2 unspecified atom stereocenters. The summed E-state index contributed by atoms with van der Waals surface area (Å²) < 4.78 is 5.75. The fourth-order valence-corrected chi connectivity index (χ4v) is 1.66. The van der Waals surface area contributed by atoms with Crippen molar-refractivity contribution in [2.24, 2.45) is 0 Å². The van der Waals surface area contributed by atoms with Gasteiger partial charge in [-0.05, 0) is 19.9 Å². The Morgan fingerprint density at radius 2 is 1.94 bits per heavy atom. The number of halogens is 1. The van der Waals surface area contributed by atoms with E-state index in [4.69, 9.17) is 16.3 Å². The molecule has 0 radical (unpaired) electrons. The molecule has 18 heavy (non-hydrogen) atoms. The van der Waals surface area contributed by atoms with Crippen molar-refractivity contribution in [2.75, 3.05) is 0 Å². The summed E-state index contributed by atoms with van der Waals surface area (Å²) in [6, 6.07) is 6.07. The standard InChI is InChI=1S/C14H22ClNO2/c1-9(2)16-8-12-6-5-7-13(15)14(12)18-11(4)10(3)17/h5-7,9-11,16-17H,8H2,1-4H3. The molecule has 0 fully saturated rings. The SMILES string of the molecule is CC(C)NCc1cccc(Cl)c1OC(C)C(C)O. The largest absolute Gasteiger partial charge is 0.486 e. The molecular formula is C14H22ClNO2. The van der Waals surface area contributed by atoms with Crippen LogP contribution in [0.5, 0.6) is 5.75 Å². The predicted octanol–water partition coefficient (Wildman–Crippen LogP) is 2.99. The first kappa shape index (κ1) is 15.3. The van der Waals surface area contributed by atoms with Crippen LogP contribution < -0.4 is 10.1 Å². The molecule has 0 aliphatic carbocycles. The molecule has 0 saturated heterocycles. The molecule has 0 aliphatic rings. The first-order chi connectivity index (χ1) is 8.41. The van der Waals surface area contributed by atoms with Crippen molar-refractivity contribution in [1.82, 2.24) is 5.32 Å². The van der Waals surface area contributed by atoms with Crippen molar-refractivity contribution < 1.29 is 9.84 Å². The Bertz CT molecular complexity index is 380. The minimum absolute atomic E-state index is 0.289. The maximum absolute atomic E-state index is 9.50. The lowest BCUT2D eigenvalue weighted by molar-refractivity contribution is 0.0598. The Morgan fingerprint density at radius 3 is 2.50 bits per heavy atom. The predicted molar refractivity (Wildman–Crippen MR) is 75.2 cm³/mol. The fraction of sp³-hybridized carbons (Fsp3) is 0.571. The average Bonchev–Trinajstić information content (AvgIpc) is 2.29. The Kier molecular flexibility index (Phi) is 5.93. The topological polar surface area (TPSA) is 41.5 Å². The van der Waals surface area contributed by atoms with Gasteiger partial charge in [0.2, 0.25) is 0 Å². The number of benzene rings is 1.